The van der Waals surface area contributed by atoms with Gasteiger partial charge in [-0.1, -0.05) is 57.9 Å². The lowest BCUT2D eigenvalue weighted by Crippen LogP contribution is -2.03. The number of unbranched alkanes of at least 4 members (excludes halogenated alkanes) is 7. The van der Waals surface area contributed by atoms with Crippen molar-refractivity contribution in [2.45, 2.75) is 64.7 Å². The molecule has 6 nitrogen and oxygen atoms in total. The van der Waals surface area contributed by atoms with Crippen LogP contribution in [0.25, 0.3) is 22.3 Å². The van der Waals surface area contributed by atoms with Gasteiger partial charge >= 0.3 is 0 Å². The molecule has 0 amide bonds. The Labute approximate surface area is 181 Å². The molecule has 2 aromatic carbocycles. The van der Waals surface area contributed by atoms with Gasteiger partial charge in [-0.25, -0.2) is 0 Å². The molecule has 4 N–H and O–H groups in total. The van der Waals surface area contributed by atoms with E-state index < -0.39 is 28.4 Å². The molecule has 0 atom stereocenters. The molecular formula is C25H30O6. The Morgan fingerprint density at radius 3 is 2.03 bits per heavy atom. The summed E-state index contributed by atoms with van der Waals surface area (Å²) in [6.45, 7) is 2.22. The third-order valence-corrected chi connectivity index (χ3v) is 5.58. The van der Waals surface area contributed by atoms with E-state index in [1.165, 1.54) is 38.5 Å². The SMILES string of the molecule is CCCCCCCCCCc1ccc2c(=O)c(O)c(-c3cc(O)c(O)c(O)c3)oc2c1. The first-order valence-corrected chi connectivity index (χ1v) is 11.0. The van der Waals surface area contributed by atoms with Crippen LogP contribution < -0.4 is 5.43 Å². The number of benzene rings is 2. The van der Waals surface area contributed by atoms with Gasteiger partial charge < -0.3 is 24.8 Å². The smallest absolute Gasteiger partial charge is 0.235 e. The zero-order valence-electron chi connectivity index (χ0n) is 17.9. The number of phenols is 3. The lowest BCUT2D eigenvalue weighted by Gasteiger charge is -2.09. The second-order valence-electron chi connectivity index (χ2n) is 8.03. The molecule has 1 aromatic heterocycles. The maximum atomic E-state index is 12.6. The van der Waals surface area contributed by atoms with E-state index in [9.17, 15) is 25.2 Å². The average molecular weight is 427 g/mol. The minimum Gasteiger partial charge on any atom is -0.504 e. The van der Waals surface area contributed by atoms with Gasteiger partial charge in [0, 0.05) is 5.56 Å². The highest BCUT2D eigenvalue weighted by atomic mass is 16.4. The van der Waals surface area contributed by atoms with Gasteiger partial charge in [0.15, 0.2) is 23.0 Å². The van der Waals surface area contributed by atoms with Crippen LogP contribution in [0.15, 0.2) is 39.5 Å². The average Bonchev–Trinajstić information content (AvgIpc) is 2.76. The van der Waals surface area contributed by atoms with Crippen LogP contribution in [0.2, 0.25) is 0 Å². The van der Waals surface area contributed by atoms with E-state index in [0.717, 1.165) is 37.0 Å². The maximum absolute atomic E-state index is 12.6. The standard InChI is InChI=1S/C25H30O6/c1-2-3-4-5-6-7-8-9-10-16-11-12-18-21(13-16)31-25(24(30)22(18)28)17-14-19(26)23(29)20(27)15-17/h11-15,26-27,29-30H,2-10H2,1H3. The molecule has 166 valence electrons. The summed E-state index contributed by atoms with van der Waals surface area (Å²) < 4.78 is 5.78. The van der Waals surface area contributed by atoms with Gasteiger partial charge in [0.05, 0.1) is 5.39 Å². The molecule has 0 unspecified atom stereocenters. The van der Waals surface area contributed by atoms with Crippen LogP contribution in [0.3, 0.4) is 0 Å². The third-order valence-electron chi connectivity index (χ3n) is 5.58. The van der Waals surface area contributed by atoms with Crippen LogP contribution in [0.1, 0.15) is 63.9 Å². The Morgan fingerprint density at radius 1 is 0.774 bits per heavy atom. The van der Waals surface area contributed by atoms with Gasteiger partial charge in [0.25, 0.3) is 0 Å². The summed E-state index contributed by atoms with van der Waals surface area (Å²) >= 11 is 0. The van der Waals surface area contributed by atoms with Crippen LogP contribution >= 0.6 is 0 Å². The molecule has 31 heavy (non-hydrogen) atoms. The first-order valence-electron chi connectivity index (χ1n) is 11.0. The molecule has 0 aliphatic heterocycles. The van der Waals surface area contributed by atoms with Crippen LogP contribution in [0, 0.1) is 0 Å². The number of hydrogen-bond acceptors (Lipinski definition) is 6. The lowest BCUT2D eigenvalue weighted by atomic mass is 10.0. The largest absolute Gasteiger partial charge is 0.504 e. The summed E-state index contributed by atoms with van der Waals surface area (Å²) in [5, 5.41) is 39.6. The second-order valence-corrected chi connectivity index (χ2v) is 8.03. The predicted molar refractivity (Wildman–Crippen MR) is 121 cm³/mol. The fraction of sp³-hybridized carbons (Fsp3) is 0.400. The molecule has 0 bridgehead atoms. The van der Waals surface area contributed by atoms with Gasteiger partial charge in [-0.15, -0.1) is 0 Å². The van der Waals surface area contributed by atoms with E-state index in [-0.39, 0.29) is 16.7 Å². The Kier molecular flexibility index (Phi) is 7.45. The van der Waals surface area contributed by atoms with Crippen molar-refractivity contribution in [3.05, 3.63) is 46.1 Å². The zero-order valence-corrected chi connectivity index (χ0v) is 17.9. The van der Waals surface area contributed by atoms with Gasteiger partial charge in [-0.05, 0) is 42.7 Å². The first-order chi connectivity index (χ1) is 14.9. The van der Waals surface area contributed by atoms with Crippen molar-refractivity contribution >= 4 is 11.0 Å². The number of fused-ring (bicyclic) bond motifs is 1. The van der Waals surface area contributed by atoms with E-state index in [4.69, 9.17) is 4.42 Å². The summed E-state index contributed by atoms with van der Waals surface area (Å²) in [5.74, 6) is -2.64. The lowest BCUT2D eigenvalue weighted by molar-refractivity contribution is 0.368. The van der Waals surface area contributed by atoms with E-state index >= 15 is 0 Å². The van der Waals surface area contributed by atoms with Crippen LogP contribution in [-0.4, -0.2) is 20.4 Å². The maximum Gasteiger partial charge on any atom is 0.235 e. The molecule has 0 saturated heterocycles. The van der Waals surface area contributed by atoms with Crippen LogP contribution in [-0.2, 0) is 6.42 Å². The monoisotopic (exact) mass is 426 g/mol. The fourth-order valence-corrected chi connectivity index (χ4v) is 3.78. The topological polar surface area (TPSA) is 111 Å². The molecule has 0 aliphatic carbocycles. The number of rotatable bonds is 10. The number of aryl methyl sites for hydroxylation is 1. The van der Waals surface area contributed by atoms with Crippen molar-refractivity contribution in [3.63, 3.8) is 0 Å². The molecule has 0 spiro atoms. The van der Waals surface area contributed by atoms with Crippen LogP contribution in [0.4, 0.5) is 0 Å². The summed E-state index contributed by atoms with van der Waals surface area (Å²) in [6.07, 6.45) is 10.7. The van der Waals surface area contributed by atoms with Gasteiger partial charge in [-0.2, -0.15) is 0 Å². The van der Waals surface area contributed by atoms with Crippen molar-refractivity contribution in [3.8, 4) is 34.3 Å². The molecule has 0 radical (unpaired) electrons. The quantitative estimate of drug-likeness (QED) is 0.235. The normalized spacial score (nSPS) is 11.3. The zero-order chi connectivity index (χ0) is 22.4. The van der Waals surface area contributed by atoms with Crippen molar-refractivity contribution in [1.29, 1.82) is 0 Å². The Hall–Kier alpha value is -3.15. The van der Waals surface area contributed by atoms with Crippen molar-refractivity contribution in [1.82, 2.24) is 0 Å². The van der Waals surface area contributed by atoms with Crippen molar-refractivity contribution in [2.75, 3.05) is 0 Å². The summed E-state index contributed by atoms with van der Waals surface area (Å²) in [5.41, 5.74) is 0.844. The molecule has 3 aromatic rings. The molecule has 0 fully saturated rings. The Bertz CT molecular complexity index is 1080. The number of hydrogen-bond donors (Lipinski definition) is 4. The number of aromatic hydroxyl groups is 4. The third kappa shape index (κ3) is 5.32. The van der Waals surface area contributed by atoms with Crippen molar-refractivity contribution in [2.24, 2.45) is 0 Å². The van der Waals surface area contributed by atoms with Gasteiger partial charge in [0.1, 0.15) is 5.58 Å². The van der Waals surface area contributed by atoms with Gasteiger partial charge in [0.2, 0.25) is 11.2 Å². The number of phenolic OH excluding ortho intramolecular Hbond substituents is 3. The molecule has 6 heteroatoms. The minimum atomic E-state index is -0.681. The summed E-state index contributed by atoms with van der Waals surface area (Å²) in [6, 6.07) is 7.54. The predicted octanol–water partition coefficient (Wildman–Crippen LogP) is 5.97. The Morgan fingerprint density at radius 2 is 1.39 bits per heavy atom. The van der Waals surface area contributed by atoms with Crippen molar-refractivity contribution < 1.29 is 24.8 Å². The molecule has 1 heterocycles. The molecule has 0 saturated carbocycles. The van der Waals surface area contributed by atoms with E-state index in [2.05, 4.69) is 6.92 Å². The van der Waals surface area contributed by atoms with E-state index in [0.29, 0.717) is 5.58 Å². The van der Waals surface area contributed by atoms with Gasteiger partial charge in [-0.3, -0.25) is 4.79 Å². The highest BCUT2D eigenvalue weighted by molar-refractivity contribution is 5.83. The minimum absolute atomic E-state index is 0.0813. The van der Waals surface area contributed by atoms with E-state index in [1.807, 2.05) is 6.07 Å². The highest BCUT2D eigenvalue weighted by Crippen LogP contribution is 2.41. The highest BCUT2D eigenvalue weighted by Gasteiger charge is 2.18. The fourth-order valence-electron chi connectivity index (χ4n) is 3.78. The molecule has 3 rings (SSSR count). The summed E-state index contributed by atoms with van der Waals surface area (Å²) in [7, 11) is 0. The van der Waals surface area contributed by atoms with Crippen LogP contribution in [0.5, 0.6) is 23.0 Å². The molecular weight excluding hydrogens is 396 g/mol. The second kappa shape index (κ2) is 10.2. The summed E-state index contributed by atoms with van der Waals surface area (Å²) in [4.78, 5) is 12.6. The molecule has 0 aliphatic rings. The Balaban J connectivity index is 1.76. The van der Waals surface area contributed by atoms with E-state index in [1.54, 1.807) is 12.1 Å². The first kappa shape index (κ1) is 22.5.